The van der Waals surface area contributed by atoms with E-state index < -0.39 is 0 Å². The van der Waals surface area contributed by atoms with E-state index in [4.69, 9.17) is 0 Å². The zero-order valence-corrected chi connectivity index (χ0v) is 16.7. The van der Waals surface area contributed by atoms with Crippen molar-refractivity contribution in [3.05, 3.63) is 0 Å². The summed E-state index contributed by atoms with van der Waals surface area (Å²) in [6.07, 6.45) is 11.6. The first kappa shape index (κ1) is 19.7. The van der Waals surface area contributed by atoms with Crippen molar-refractivity contribution in [2.45, 2.75) is 105 Å². The van der Waals surface area contributed by atoms with E-state index in [0.29, 0.717) is 12.2 Å². The summed E-state index contributed by atoms with van der Waals surface area (Å²) in [6.45, 7) is 11.3. The molecule has 0 amide bonds. The van der Waals surface area contributed by atoms with Gasteiger partial charge in [0.15, 0.2) is 0 Å². The van der Waals surface area contributed by atoms with Crippen molar-refractivity contribution in [2.75, 3.05) is 0 Å². The molecule has 1 spiro atoms. The van der Waals surface area contributed by atoms with Crippen LogP contribution in [-0.2, 0) is 9.59 Å². The Kier molecular flexibility index (Phi) is 5.98. The molecule has 2 aliphatic rings. The second kappa shape index (κ2) is 7.30. The van der Waals surface area contributed by atoms with Crippen molar-refractivity contribution in [3.8, 4) is 0 Å². The number of ketones is 2. The number of hydrogen-bond donors (Lipinski definition) is 0. The fourth-order valence-corrected chi connectivity index (χ4v) is 6.09. The molecule has 138 valence electrons. The van der Waals surface area contributed by atoms with E-state index in [1.807, 2.05) is 0 Å². The first-order valence-corrected chi connectivity index (χ1v) is 10.2. The largest absolute Gasteiger partial charge is 0.299 e. The van der Waals surface area contributed by atoms with Gasteiger partial charge in [-0.1, -0.05) is 73.1 Å². The molecule has 0 saturated heterocycles. The molecule has 0 aromatic carbocycles. The van der Waals surface area contributed by atoms with Gasteiger partial charge in [0.2, 0.25) is 0 Å². The van der Waals surface area contributed by atoms with Gasteiger partial charge in [-0.3, -0.25) is 9.59 Å². The van der Waals surface area contributed by atoms with E-state index in [2.05, 4.69) is 34.6 Å². The van der Waals surface area contributed by atoms with E-state index in [0.717, 1.165) is 32.1 Å². The van der Waals surface area contributed by atoms with Crippen LogP contribution in [0.2, 0.25) is 0 Å². The molecular weight excluding hydrogens is 296 g/mol. The summed E-state index contributed by atoms with van der Waals surface area (Å²) in [4.78, 5) is 25.8. The molecular formula is C22H38O2. The number of unbranched alkanes of at least 4 members (excludes halogenated alkanes) is 5. The molecule has 0 bridgehead atoms. The summed E-state index contributed by atoms with van der Waals surface area (Å²) in [5.74, 6) is 0.241. The zero-order chi connectivity index (χ0) is 18.0. The number of rotatable bonds is 7. The number of hydrogen-bond acceptors (Lipinski definition) is 2. The van der Waals surface area contributed by atoms with Crippen LogP contribution in [0, 0.1) is 22.2 Å². The lowest BCUT2D eigenvalue weighted by Gasteiger charge is -2.49. The van der Waals surface area contributed by atoms with Crippen LogP contribution in [0.25, 0.3) is 0 Å². The Hall–Kier alpha value is -0.660. The Bertz CT molecular complexity index is 456. The third-order valence-electron chi connectivity index (χ3n) is 6.18. The van der Waals surface area contributed by atoms with Gasteiger partial charge in [-0.25, -0.2) is 0 Å². The highest BCUT2D eigenvalue weighted by Gasteiger charge is 2.58. The molecule has 0 heterocycles. The predicted molar refractivity (Wildman–Crippen MR) is 100.0 cm³/mol. The summed E-state index contributed by atoms with van der Waals surface area (Å²) in [5.41, 5.74) is -0.0331. The van der Waals surface area contributed by atoms with Crippen molar-refractivity contribution in [2.24, 2.45) is 22.2 Å². The van der Waals surface area contributed by atoms with Crippen LogP contribution >= 0.6 is 0 Å². The average molecular weight is 335 g/mol. The molecule has 2 rings (SSSR count). The third kappa shape index (κ3) is 4.49. The molecule has 0 radical (unpaired) electrons. The minimum atomic E-state index is -0.352. The minimum Gasteiger partial charge on any atom is -0.299 e. The van der Waals surface area contributed by atoms with Gasteiger partial charge in [-0.15, -0.1) is 0 Å². The second-order valence-electron chi connectivity index (χ2n) is 10.3. The van der Waals surface area contributed by atoms with E-state index in [-0.39, 0.29) is 27.9 Å². The van der Waals surface area contributed by atoms with Crippen molar-refractivity contribution >= 4 is 11.6 Å². The molecule has 1 atom stereocenters. The Morgan fingerprint density at radius 2 is 1.38 bits per heavy atom. The van der Waals surface area contributed by atoms with Gasteiger partial charge < -0.3 is 0 Å². The molecule has 2 saturated carbocycles. The highest BCUT2D eigenvalue weighted by atomic mass is 16.2. The summed E-state index contributed by atoms with van der Waals surface area (Å²) in [5, 5.41) is 0. The van der Waals surface area contributed by atoms with Crippen LogP contribution < -0.4 is 0 Å². The molecule has 0 aromatic heterocycles. The van der Waals surface area contributed by atoms with Gasteiger partial charge >= 0.3 is 0 Å². The summed E-state index contributed by atoms with van der Waals surface area (Å²) in [7, 11) is 0. The smallest absolute Gasteiger partial charge is 0.149 e. The summed E-state index contributed by atoms with van der Waals surface area (Å²) >= 11 is 0. The Labute approximate surface area is 149 Å². The van der Waals surface area contributed by atoms with Crippen LogP contribution in [0.4, 0.5) is 0 Å². The van der Waals surface area contributed by atoms with Crippen LogP contribution in [0.1, 0.15) is 105 Å². The SMILES string of the molecule is CCCCCCCCC1C(=O)CC2(CC(C)(C)CC(C)(C)C2)C1=O. The van der Waals surface area contributed by atoms with Gasteiger partial charge in [0.25, 0.3) is 0 Å². The lowest BCUT2D eigenvalue weighted by atomic mass is 9.54. The zero-order valence-electron chi connectivity index (χ0n) is 16.7. The van der Waals surface area contributed by atoms with Gasteiger partial charge in [-0.2, -0.15) is 0 Å². The van der Waals surface area contributed by atoms with Crippen molar-refractivity contribution in [1.82, 2.24) is 0 Å². The van der Waals surface area contributed by atoms with Crippen molar-refractivity contribution in [3.63, 3.8) is 0 Å². The lowest BCUT2D eigenvalue weighted by molar-refractivity contribution is -0.136. The van der Waals surface area contributed by atoms with Gasteiger partial charge in [-0.05, 0) is 36.5 Å². The standard InChI is InChI=1S/C22H38O2/c1-6-7-8-9-10-11-12-17-18(23)13-22(19(17)24)15-20(2,3)14-21(4,5)16-22/h17H,6-16H2,1-5H3. The number of carbonyl (C=O) groups is 2. The van der Waals surface area contributed by atoms with Crippen LogP contribution in [0.5, 0.6) is 0 Å². The highest BCUT2D eigenvalue weighted by Crippen LogP contribution is 2.59. The van der Waals surface area contributed by atoms with Gasteiger partial charge in [0, 0.05) is 11.8 Å². The maximum absolute atomic E-state index is 13.2. The van der Waals surface area contributed by atoms with Crippen molar-refractivity contribution < 1.29 is 9.59 Å². The number of carbonyl (C=O) groups excluding carboxylic acids is 2. The second-order valence-corrected chi connectivity index (χ2v) is 10.3. The molecule has 1 unspecified atom stereocenters. The van der Waals surface area contributed by atoms with Crippen LogP contribution in [-0.4, -0.2) is 11.6 Å². The molecule has 0 aromatic rings. The fraction of sp³-hybridized carbons (Fsp3) is 0.909. The van der Waals surface area contributed by atoms with Crippen LogP contribution in [0.3, 0.4) is 0 Å². The van der Waals surface area contributed by atoms with E-state index in [1.54, 1.807) is 0 Å². The minimum absolute atomic E-state index is 0.159. The van der Waals surface area contributed by atoms with E-state index in [1.165, 1.54) is 32.1 Å². The Morgan fingerprint density at radius 3 is 1.96 bits per heavy atom. The van der Waals surface area contributed by atoms with E-state index >= 15 is 0 Å². The topological polar surface area (TPSA) is 34.1 Å². The number of Topliss-reactive ketones (excluding diaryl/α,β-unsaturated/α-hetero) is 2. The first-order valence-electron chi connectivity index (χ1n) is 10.2. The monoisotopic (exact) mass is 334 g/mol. The summed E-state index contributed by atoms with van der Waals surface area (Å²) < 4.78 is 0. The molecule has 0 N–H and O–H groups in total. The quantitative estimate of drug-likeness (QED) is 0.415. The first-order chi connectivity index (χ1) is 11.1. The van der Waals surface area contributed by atoms with Crippen LogP contribution in [0.15, 0.2) is 0 Å². The predicted octanol–water partition coefficient (Wildman–Crippen LogP) is 6.12. The molecule has 2 nitrogen and oxygen atoms in total. The fourth-order valence-electron chi connectivity index (χ4n) is 6.09. The summed E-state index contributed by atoms with van der Waals surface area (Å²) in [6, 6.07) is 0. The highest BCUT2D eigenvalue weighted by molar-refractivity contribution is 6.12. The lowest BCUT2D eigenvalue weighted by Crippen LogP contribution is -2.44. The molecule has 2 heteroatoms. The maximum Gasteiger partial charge on any atom is 0.149 e. The normalized spacial score (nSPS) is 27.8. The Morgan fingerprint density at radius 1 is 0.833 bits per heavy atom. The molecule has 2 fully saturated rings. The van der Waals surface area contributed by atoms with Gasteiger partial charge in [0.05, 0.1) is 5.92 Å². The Balaban J connectivity index is 1.98. The molecule has 2 aliphatic carbocycles. The molecule has 0 aliphatic heterocycles. The van der Waals surface area contributed by atoms with E-state index in [9.17, 15) is 9.59 Å². The van der Waals surface area contributed by atoms with Gasteiger partial charge in [0.1, 0.15) is 11.6 Å². The van der Waals surface area contributed by atoms with Crippen molar-refractivity contribution in [1.29, 1.82) is 0 Å². The molecule has 24 heavy (non-hydrogen) atoms. The maximum atomic E-state index is 13.2. The third-order valence-corrected chi connectivity index (χ3v) is 6.18. The average Bonchev–Trinajstić information content (AvgIpc) is 2.62.